The van der Waals surface area contributed by atoms with E-state index < -0.39 is 0 Å². The lowest BCUT2D eigenvalue weighted by atomic mass is 10.1. The number of nitrogens with zero attached hydrogens (tertiary/aromatic N) is 2. The number of carbonyl (C=O) groups excluding carboxylic acids is 2. The maximum atomic E-state index is 12.3. The Morgan fingerprint density at radius 3 is 2.72 bits per heavy atom. The molecule has 0 unspecified atom stereocenters. The van der Waals surface area contributed by atoms with Gasteiger partial charge in [0.1, 0.15) is 0 Å². The van der Waals surface area contributed by atoms with Crippen molar-refractivity contribution >= 4 is 23.4 Å². The third kappa shape index (κ3) is 4.78. The zero-order valence-corrected chi connectivity index (χ0v) is 17.4. The van der Waals surface area contributed by atoms with Gasteiger partial charge in [-0.2, -0.15) is 0 Å². The summed E-state index contributed by atoms with van der Waals surface area (Å²) in [6, 6.07) is 3.99. The van der Waals surface area contributed by atoms with Crippen molar-refractivity contribution in [1.29, 1.82) is 0 Å². The summed E-state index contributed by atoms with van der Waals surface area (Å²) in [6.45, 7) is 4.05. The predicted octanol–water partition coefficient (Wildman–Crippen LogP) is 2.55. The van der Waals surface area contributed by atoms with Gasteiger partial charge in [-0.25, -0.2) is 0 Å². The number of nitrogens with one attached hydrogen (secondary N) is 1. The molecule has 1 N–H and O–H groups in total. The molecule has 0 aliphatic carbocycles. The summed E-state index contributed by atoms with van der Waals surface area (Å²) in [4.78, 5) is 27.9. The minimum Gasteiger partial charge on any atom is -0.454 e. The van der Waals surface area contributed by atoms with Gasteiger partial charge in [-0.3, -0.25) is 9.59 Å². The van der Waals surface area contributed by atoms with Crippen molar-refractivity contribution in [2.75, 3.05) is 33.0 Å². The average molecular weight is 422 g/mol. The number of likely N-dealkylation sites (tertiary alicyclic amines) is 2. The first-order valence-electron chi connectivity index (χ1n) is 10.5. The largest absolute Gasteiger partial charge is 0.454 e. The lowest BCUT2D eigenvalue weighted by Crippen LogP contribution is -2.37. The molecule has 0 bridgehead atoms. The molecule has 4 rings (SSSR count). The second-order valence-electron chi connectivity index (χ2n) is 7.88. The van der Waals surface area contributed by atoms with Crippen LogP contribution in [-0.4, -0.2) is 60.6 Å². The van der Waals surface area contributed by atoms with Gasteiger partial charge in [0.25, 0.3) is 0 Å². The number of amides is 2. The highest BCUT2D eigenvalue weighted by atomic mass is 35.5. The lowest BCUT2D eigenvalue weighted by Gasteiger charge is -2.26. The fourth-order valence-electron chi connectivity index (χ4n) is 4.36. The van der Waals surface area contributed by atoms with Crippen LogP contribution in [0, 0.1) is 0 Å². The first-order valence-corrected chi connectivity index (χ1v) is 10.9. The van der Waals surface area contributed by atoms with Gasteiger partial charge in [-0.05, 0) is 43.9 Å². The highest BCUT2D eigenvalue weighted by molar-refractivity contribution is 6.31. The number of hydrogen-bond donors (Lipinski definition) is 1. The van der Waals surface area contributed by atoms with E-state index in [2.05, 4.69) is 5.32 Å². The molecule has 1 atom stereocenters. The molecule has 0 radical (unpaired) electrons. The summed E-state index contributed by atoms with van der Waals surface area (Å²) in [5, 5.41) is 4.09. The van der Waals surface area contributed by atoms with Crippen LogP contribution in [0.25, 0.3) is 0 Å². The van der Waals surface area contributed by atoms with Gasteiger partial charge in [-0.15, -0.1) is 0 Å². The minimum atomic E-state index is 0.236. The van der Waals surface area contributed by atoms with E-state index in [0.717, 1.165) is 63.2 Å². The molecular formula is C21H28ClN3O4. The summed E-state index contributed by atoms with van der Waals surface area (Å²) in [5.74, 6) is 1.91. The van der Waals surface area contributed by atoms with Gasteiger partial charge in [0, 0.05) is 56.2 Å². The maximum Gasteiger partial charge on any atom is 0.231 e. The van der Waals surface area contributed by atoms with Crippen molar-refractivity contribution in [2.24, 2.45) is 0 Å². The van der Waals surface area contributed by atoms with Crippen LogP contribution in [0.3, 0.4) is 0 Å². The van der Waals surface area contributed by atoms with Gasteiger partial charge < -0.3 is 24.6 Å². The number of ether oxygens (including phenoxy) is 2. The van der Waals surface area contributed by atoms with Crippen LogP contribution in [0.2, 0.25) is 5.02 Å². The summed E-state index contributed by atoms with van der Waals surface area (Å²) in [6.07, 6.45) is 4.94. The lowest BCUT2D eigenvalue weighted by molar-refractivity contribution is -0.129. The molecule has 0 aromatic heterocycles. The summed E-state index contributed by atoms with van der Waals surface area (Å²) in [5.41, 5.74) is 0.977. The number of fused-ring (bicyclic) bond motifs is 1. The highest BCUT2D eigenvalue weighted by Crippen LogP contribution is 2.36. The minimum absolute atomic E-state index is 0.236. The molecule has 2 amide bonds. The molecule has 8 heteroatoms. The summed E-state index contributed by atoms with van der Waals surface area (Å²) < 4.78 is 10.7. The van der Waals surface area contributed by atoms with Crippen molar-refractivity contribution in [2.45, 2.75) is 51.1 Å². The normalized spacial score (nSPS) is 20.9. The Kier molecular flexibility index (Phi) is 6.45. The van der Waals surface area contributed by atoms with Crippen LogP contribution in [-0.2, 0) is 16.1 Å². The van der Waals surface area contributed by atoms with Crippen molar-refractivity contribution in [3.63, 3.8) is 0 Å². The number of carbonyl (C=O) groups is 2. The summed E-state index contributed by atoms with van der Waals surface area (Å²) >= 11 is 6.32. The van der Waals surface area contributed by atoms with Gasteiger partial charge in [0.05, 0.1) is 0 Å². The first-order chi connectivity index (χ1) is 14.1. The van der Waals surface area contributed by atoms with Gasteiger partial charge in [0.15, 0.2) is 11.5 Å². The van der Waals surface area contributed by atoms with E-state index in [9.17, 15) is 9.59 Å². The van der Waals surface area contributed by atoms with E-state index in [-0.39, 0.29) is 24.6 Å². The first kappa shape index (κ1) is 20.3. The molecule has 3 aliphatic rings. The van der Waals surface area contributed by atoms with Crippen LogP contribution >= 0.6 is 11.6 Å². The van der Waals surface area contributed by atoms with E-state index in [1.54, 1.807) is 6.07 Å². The van der Waals surface area contributed by atoms with E-state index in [4.69, 9.17) is 21.1 Å². The fourth-order valence-corrected chi connectivity index (χ4v) is 4.58. The zero-order chi connectivity index (χ0) is 20.2. The Labute approximate surface area is 176 Å². The van der Waals surface area contributed by atoms with E-state index >= 15 is 0 Å². The average Bonchev–Trinajstić information content (AvgIpc) is 3.41. The van der Waals surface area contributed by atoms with E-state index in [0.29, 0.717) is 30.2 Å². The van der Waals surface area contributed by atoms with E-state index in [1.807, 2.05) is 15.9 Å². The van der Waals surface area contributed by atoms with Crippen LogP contribution in [0.1, 0.15) is 44.1 Å². The molecule has 3 heterocycles. The Balaban J connectivity index is 1.20. The molecule has 0 spiro atoms. The van der Waals surface area contributed by atoms with Crippen LogP contribution < -0.4 is 14.8 Å². The SMILES string of the molecule is O=C1CCCN1CCCN1C(=O)CC[C@H]1CCNCc1cc2c(cc1Cl)OCO2. The topological polar surface area (TPSA) is 71.1 Å². The van der Waals surface area contributed by atoms with Crippen molar-refractivity contribution in [3.8, 4) is 11.5 Å². The van der Waals surface area contributed by atoms with Crippen LogP contribution in [0.15, 0.2) is 12.1 Å². The predicted molar refractivity (Wildman–Crippen MR) is 109 cm³/mol. The Hall–Kier alpha value is -1.99. The Bertz CT molecular complexity index is 773. The molecule has 29 heavy (non-hydrogen) atoms. The third-order valence-electron chi connectivity index (χ3n) is 5.96. The molecule has 2 saturated heterocycles. The number of benzene rings is 1. The monoisotopic (exact) mass is 421 g/mol. The van der Waals surface area contributed by atoms with Crippen LogP contribution in [0.5, 0.6) is 11.5 Å². The van der Waals surface area contributed by atoms with Crippen molar-refractivity contribution in [1.82, 2.24) is 15.1 Å². The molecular weight excluding hydrogens is 394 g/mol. The van der Waals surface area contributed by atoms with Gasteiger partial charge >= 0.3 is 0 Å². The number of hydrogen-bond acceptors (Lipinski definition) is 5. The molecule has 1 aromatic rings. The molecule has 2 fully saturated rings. The smallest absolute Gasteiger partial charge is 0.231 e. The van der Waals surface area contributed by atoms with Crippen molar-refractivity contribution < 1.29 is 19.1 Å². The van der Waals surface area contributed by atoms with E-state index in [1.165, 1.54) is 0 Å². The molecule has 1 aromatic carbocycles. The third-order valence-corrected chi connectivity index (χ3v) is 6.31. The second kappa shape index (κ2) is 9.22. The quantitative estimate of drug-likeness (QED) is 0.620. The maximum absolute atomic E-state index is 12.3. The zero-order valence-electron chi connectivity index (χ0n) is 16.6. The van der Waals surface area contributed by atoms with Crippen LogP contribution in [0.4, 0.5) is 0 Å². The number of rotatable bonds is 9. The molecule has 158 valence electrons. The van der Waals surface area contributed by atoms with Gasteiger partial charge in [0.2, 0.25) is 18.6 Å². The standard InChI is InChI=1S/C21H28ClN3O4/c22-17-12-19-18(28-14-29-19)11-15(17)13-23-7-6-16-4-5-21(27)25(16)10-2-9-24-8-1-3-20(24)26/h11-12,16,23H,1-10,13-14H2/t16-/m0/s1. The number of halogens is 1. The van der Waals surface area contributed by atoms with Crippen molar-refractivity contribution in [3.05, 3.63) is 22.7 Å². The Morgan fingerprint density at radius 2 is 1.93 bits per heavy atom. The molecule has 3 aliphatic heterocycles. The Morgan fingerprint density at radius 1 is 1.10 bits per heavy atom. The highest BCUT2D eigenvalue weighted by Gasteiger charge is 2.30. The molecule has 7 nitrogen and oxygen atoms in total. The summed E-state index contributed by atoms with van der Waals surface area (Å²) in [7, 11) is 0. The molecule has 0 saturated carbocycles. The second-order valence-corrected chi connectivity index (χ2v) is 8.29. The fraction of sp³-hybridized carbons (Fsp3) is 0.619. The van der Waals surface area contributed by atoms with Gasteiger partial charge in [-0.1, -0.05) is 11.6 Å².